The first-order chi connectivity index (χ1) is 6.32. The smallest absolute Gasteiger partial charge is 0.377 e. The minimum atomic E-state index is -4.82. The Morgan fingerprint density at radius 1 is 1.36 bits per heavy atom. The first kappa shape index (κ1) is 13.5. The van der Waals surface area contributed by atoms with E-state index in [2.05, 4.69) is 15.9 Å². The van der Waals surface area contributed by atoms with Gasteiger partial charge in [-0.2, -0.15) is 13.2 Å². The van der Waals surface area contributed by atoms with Crippen LogP contribution in [0.5, 0.6) is 0 Å². The summed E-state index contributed by atoms with van der Waals surface area (Å²) in [5.41, 5.74) is 0. The topological polar surface area (TPSA) is 20.3 Å². The highest BCUT2D eigenvalue weighted by molar-refractivity contribution is 9.12. The Bertz CT molecular complexity index is 233. The second kappa shape index (κ2) is 5.38. The van der Waals surface area contributed by atoms with E-state index in [-0.39, 0.29) is 0 Å². The zero-order valence-corrected chi connectivity index (χ0v) is 9.44. The summed E-state index contributed by atoms with van der Waals surface area (Å²) in [7, 11) is 0. The molecule has 0 aliphatic rings. The summed E-state index contributed by atoms with van der Waals surface area (Å²) >= 11 is 2.61. The standard InChI is InChI=1S/C8H11BrF3NO/c1-3-13(4-2)5-6(9)7(14)8(10,11)12/h5H,3-4H2,1-2H3/b6-5+. The van der Waals surface area contributed by atoms with Crippen LogP contribution in [0.15, 0.2) is 10.7 Å². The third-order valence-electron chi connectivity index (χ3n) is 1.58. The van der Waals surface area contributed by atoms with Crippen molar-refractivity contribution in [2.24, 2.45) is 0 Å². The zero-order valence-electron chi connectivity index (χ0n) is 7.86. The maximum Gasteiger partial charge on any atom is 0.455 e. The highest BCUT2D eigenvalue weighted by Gasteiger charge is 2.40. The molecule has 0 heterocycles. The lowest BCUT2D eigenvalue weighted by molar-refractivity contribution is -0.165. The van der Waals surface area contributed by atoms with Crippen molar-refractivity contribution in [1.82, 2.24) is 4.90 Å². The van der Waals surface area contributed by atoms with Gasteiger partial charge in [0.05, 0.1) is 4.48 Å². The number of hydrogen-bond acceptors (Lipinski definition) is 2. The third-order valence-corrected chi connectivity index (χ3v) is 2.15. The molecule has 14 heavy (non-hydrogen) atoms. The molecule has 0 aromatic heterocycles. The van der Waals surface area contributed by atoms with Crippen molar-refractivity contribution in [1.29, 1.82) is 0 Å². The summed E-state index contributed by atoms with van der Waals surface area (Å²) in [5, 5.41) is 0. The number of hydrogen-bond donors (Lipinski definition) is 0. The molecule has 0 aromatic rings. The Balaban J connectivity index is 4.60. The van der Waals surface area contributed by atoms with Crippen molar-refractivity contribution in [2.45, 2.75) is 20.0 Å². The number of rotatable bonds is 4. The molecule has 0 atom stereocenters. The highest BCUT2D eigenvalue weighted by atomic mass is 79.9. The molecule has 0 spiro atoms. The number of ketones is 1. The Labute approximate surface area is 88.9 Å². The van der Waals surface area contributed by atoms with Crippen LogP contribution in [0, 0.1) is 0 Å². The van der Waals surface area contributed by atoms with Crippen molar-refractivity contribution < 1.29 is 18.0 Å². The van der Waals surface area contributed by atoms with Crippen LogP contribution in [0.3, 0.4) is 0 Å². The van der Waals surface area contributed by atoms with Crippen molar-refractivity contribution in [3.05, 3.63) is 10.7 Å². The van der Waals surface area contributed by atoms with E-state index in [0.717, 1.165) is 6.20 Å². The normalized spacial score (nSPS) is 12.9. The van der Waals surface area contributed by atoms with Crippen LogP contribution < -0.4 is 0 Å². The maximum atomic E-state index is 11.9. The third kappa shape index (κ3) is 4.13. The van der Waals surface area contributed by atoms with Crippen LogP contribution in [0.4, 0.5) is 13.2 Å². The predicted octanol–water partition coefficient (Wildman–Crippen LogP) is 2.70. The molecule has 0 saturated carbocycles. The van der Waals surface area contributed by atoms with Gasteiger partial charge in [0.2, 0.25) is 0 Å². The molecule has 0 aliphatic carbocycles. The second-order valence-electron chi connectivity index (χ2n) is 2.53. The monoisotopic (exact) mass is 273 g/mol. The second-order valence-corrected chi connectivity index (χ2v) is 3.38. The number of carbonyl (C=O) groups is 1. The van der Waals surface area contributed by atoms with Gasteiger partial charge in [-0.1, -0.05) is 0 Å². The minimum absolute atomic E-state index is 0.464. The SMILES string of the molecule is CCN(/C=C(/Br)C(=O)C(F)(F)F)CC. The van der Waals surface area contributed by atoms with Gasteiger partial charge in [0, 0.05) is 19.3 Å². The summed E-state index contributed by atoms with van der Waals surface area (Å²) in [5.74, 6) is -1.86. The molecule has 2 nitrogen and oxygen atoms in total. The molecular weight excluding hydrogens is 263 g/mol. The fraction of sp³-hybridized carbons (Fsp3) is 0.625. The van der Waals surface area contributed by atoms with Crippen LogP contribution >= 0.6 is 15.9 Å². The number of Topliss-reactive ketones (excluding diaryl/α,β-unsaturated/α-hetero) is 1. The Kier molecular flexibility index (Phi) is 5.18. The largest absolute Gasteiger partial charge is 0.455 e. The van der Waals surface area contributed by atoms with Crippen molar-refractivity contribution >= 4 is 21.7 Å². The predicted molar refractivity (Wildman–Crippen MR) is 51.0 cm³/mol. The average molecular weight is 274 g/mol. The van der Waals surface area contributed by atoms with Crippen molar-refractivity contribution in [3.8, 4) is 0 Å². The van der Waals surface area contributed by atoms with Crippen LogP contribution in [-0.2, 0) is 4.79 Å². The number of carbonyl (C=O) groups excluding carboxylic acids is 1. The lowest BCUT2D eigenvalue weighted by Crippen LogP contribution is -2.25. The van der Waals surface area contributed by atoms with Crippen LogP contribution in [0.1, 0.15) is 13.8 Å². The Morgan fingerprint density at radius 2 is 1.79 bits per heavy atom. The molecule has 0 rings (SSSR count). The van der Waals surface area contributed by atoms with Gasteiger partial charge in [-0.05, 0) is 29.8 Å². The van der Waals surface area contributed by atoms with E-state index in [1.807, 2.05) is 0 Å². The molecule has 0 amide bonds. The van der Waals surface area contributed by atoms with E-state index in [4.69, 9.17) is 0 Å². The molecule has 0 unspecified atom stereocenters. The quantitative estimate of drug-likeness (QED) is 0.734. The fourth-order valence-electron chi connectivity index (χ4n) is 0.761. The van der Waals surface area contributed by atoms with Gasteiger partial charge >= 0.3 is 6.18 Å². The molecule has 0 radical (unpaired) electrons. The van der Waals surface area contributed by atoms with Gasteiger partial charge in [-0.15, -0.1) is 0 Å². The van der Waals surface area contributed by atoms with Gasteiger partial charge in [0.15, 0.2) is 0 Å². The van der Waals surface area contributed by atoms with E-state index in [0.29, 0.717) is 13.1 Å². The van der Waals surface area contributed by atoms with E-state index in [1.165, 1.54) is 0 Å². The number of nitrogens with zero attached hydrogens (tertiary/aromatic N) is 1. The van der Waals surface area contributed by atoms with Crippen molar-refractivity contribution in [3.63, 3.8) is 0 Å². The van der Waals surface area contributed by atoms with Crippen LogP contribution in [0.25, 0.3) is 0 Å². The van der Waals surface area contributed by atoms with E-state index in [9.17, 15) is 18.0 Å². The first-order valence-electron chi connectivity index (χ1n) is 4.05. The molecule has 0 bridgehead atoms. The molecule has 0 aliphatic heterocycles. The lowest BCUT2D eigenvalue weighted by Gasteiger charge is -2.16. The molecule has 0 fully saturated rings. The molecule has 0 aromatic carbocycles. The molecule has 0 N–H and O–H groups in total. The van der Waals surface area contributed by atoms with Gasteiger partial charge in [0.1, 0.15) is 0 Å². The summed E-state index contributed by atoms with van der Waals surface area (Å²) in [6.45, 7) is 4.68. The van der Waals surface area contributed by atoms with E-state index >= 15 is 0 Å². The zero-order chi connectivity index (χ0) is 11.4. The minimum Gasteiger partial charge on any atom is -0.377 e. The first-order valence-corrected chi connectivity index (χ1v) is 4.85. The summed E-state index contributed by atoms with van der Waals surface area (Å²) in [6.07, 6.45) is -3.65. The Morgan fingerprint density at radius 3 is 2.07 bits per heavy atom. The number of alkyl halides is 3. The van der Waals surface area contributed by atoms with E-state index in [1.54, 1.807) is 18.7 Å². The fourth-order valence-corrected chi connectivity index (χ4v) is 1.27. The van der Waals surface area contributed by atoms with Gasteiger partial charge in [-0.25, -0.2) is 0 Å². The van der Waals surface area contributed by atoms with Gasteiger partial charge in [-0.3, -0.25) is 4.79 Å². The highest BCUT2D eigenvalue weighted by Crippen LogP contribution is 2.23. The summed E-state index contributed by atoms with van der Waals surface area (Å²) < 4.78 is 35.3. The average Bonchev–Trinajstić information content (AvgIpc) is 2.11. The number of halogens is 4. The van der Waals surface area contributed by atoms with Gasteiger partial charge in [0.25, 0.3) is 5.78 Å². The molecule has 82 valence electrons. The van der Waals surface area contributed by atoms with E-state index < -0.39 is 16.4 Å². The van der Waals surface area contributed by atoms with Crippen LogP contribution in [0.2, 0.25) is 0 Å². The summed E-state index contributed by atoms with van der Waals surface area (Å²) in [4.78, 5) is 12.3. The molecular formula is C8H11BrF3NO. The lowest BCUT2D eigenvalue weighted by atomic mass is 10.3. The van der Waals surface area contributed by atoms with Gasteiger partial charge < -0.3 is 4.90 Å². The maximum absolute atomic E-state index is 11.9. The molecule has 0 saturated heterocycles. The van der Waals surface area contributed by atoms with Crippen molar-refractivity contribution in [2.75, 3.05) is 13.1 Å². The summed E-state index contributed by atoms with van der Waals surface area (Å²) in [6, 6.07) is 0. The number of allylic oxidation sites excluding steroid dienone is 1. The Hall–Kier alpha value is -0.520. The van der Waals surface area contributed by atoms with Crippen LogP contribution in [-0.4, -0.2) is 29.9 Å². The molecule has 6 heteroatoms.